The highest BCUT2D eigenvalue weighted by atomic mass is 15.2. The van der Waals surface area contributed by atoms with E-state index < -0.39 is 0 Å². The Morgan fingerprint density at radius 1 is 0.839 bits per heavy atom. The lowest BCUT2D eigenvalue weighted by Crippen LogP contribution is -2.37. The summed E-state index contributed by atoms with van der Waals surface area (Å²) in [5.41, 5.74) is 3.57. The van der Waals surface area contributed by atoms with E-state index in [1.807, 2.05) is 26.2 Å². The topological polar surface area (TPSA) is 56.3 Å². The Kier molecular flexibility index (Phi) is 6.56. The number of para-hydroxylation sites is 1. The molecule has 3 aromatic rings. The number of hydrogen-bond donors (Lipinski definition) is 2. The number of nitrogens with zero attached hydrogens (tertiary/aromatic N) is 4. The molecule has 2 aromatic carbocycles. The highest BCUT2D eigenvalue weighted by Gasteiger charge is 2.22. The van der Waals surface area contributed by atoms with Crippen LogP contribution in [0.4, 0.5) is 17.5 Å². The summed E-state index contributed by atoms with van der Waals surface area (Å²) in [6.07, 6.45) is 4.59. The van der Waals surface area contributed by atoms with Gasteiger partial charge in [0.1, 0.15) is 5.82 Å². The molecule has 4 rings (SSSR count). The van der Waals surface area contributed by atoms with Crippen LogP contribution in [-0.4, -0.2) is 50.2 Å². The third kappa shape index (κ3) is 5.25. The largest absolute Gasteiger partial charge is 0.378 e. The fourth-order valence-electron chi connectivity index (χ4n) is 4.30. The molecule has 0 unspecified atom stereocenters. The van der Waals surface area contributed by atoms with Gasteiger partial charge in [0.2, 0.25) is 5.95 Å². The SMILES string of the molecule is CN(C)c1cccc(CNC2CCC(Nc3nc(N(C)C)c4ccccc4n3)CC2)c1. The van der Waals surface area contributed by atoms with Gasteiger partial charge in [0, 0.05) is 57.9 Å². The van der Waals surface area contributed by atoms with E-state index in [4.69, 9.17) is 9.97 Å². The molecule has 0 atom stereocenters. The van der Waals surface area contributed by atoms with E-state index in [1.54, 1.807) is 0 Å². The lowest BCUT2D eigenvalue weighted by atomic mass is 9.91. The van der Waals surface area contributed by atoms with Crippen molar-refractivity contribution in [2.45, 2.75) is 44.3 Å². The van der Waals surface area contributed by atoms with Crippen LogP contribution in [0.2, 0.25) is 0 Å². The number of benzene rings is 2. The molecule has 0 saturated heterocycles. The Morgan fingerprint density at radius 3 is 2.32 bits per heavy atom. The molecule has 0 spiro atoms. The van der Waals surface area contributed by atoms with Gasteiger partial charge in [-0.05, 0) is 55.5 Å². The van der Waals surface area contributed by atoms with Crippen LogP contribution in [-0.2, 0) is 6.54 Å². The number of rotatable bonds is 7. The first-order valence-corrected chi connectivity index (χ1v) is 11.2. The molecular formula is C25H34N6. The maximum atomic E-state index is 4.80. The van der Waals surface area contributed by atoms with Gasteiger partial charge in [0.05, 0.1) is 5.52 Å². The van der Waals surface area contributed by atoms with E-state index in [2.05, 4.69) is 70.9 Å². The summed E-state index contributed by atoms with van der Waals surface area (Å²) < 4.78 is 0. The van der Waals surface area contributed by atoms with Crippen molar-refractivity contribution in [1.82, 2.24) is 15.3 Å². The molecule has 1 saturated carbocycles. The number of hydrogen-bond acceptors (Lipinski definition) is 6. The van der Waals surface area contributed by atoms with Crippen LogP contribution in [0.1, 0.15) is 31.2 Å². The normalized spacial score (nSPS) is 18.7. The second-order valence-corrected chi connectivity index (χ2v) is 8.92. The van der Waals surface area contributed by atoms with Crippen LogP contribution in [0.25, 0.3) is 10.9 Å². The highest BCUT2D eigenvalue weighted by Crippen LogP contribution is 2.26. The van der Waals surface area contributed by atoms with Crippen LogP contribution in [0.3, 0.4) is 0 Å². The van der Waals surface area contributed by atoms with Crippen LogP contribution in [0, 0.1) is 0 Å². The zero-order valence-electron chi connectivity index (χ0n) is 19.1. The lowest BCUT2D eigenvalue weighted by molar-refractivity contribution is 0.352. The van der Waals surface area contributed by atoms with E-state index >= 15 is 0 Å². The highest BCUT2D eigenvalue weighted by molar-refractivity contribution is 5.90. The fraction of sp³-hybridized carbons (Fsp3) is 0.440. The molecule has 1 fully saturated rings. The summed E-state index contributed by atoms with van der Waals surface area (Å²) >= 11 is 0. The quantitative estimate of drug-likeness (QED) is 0.597. The van der Waals surface area contributed by atoms with Crippen molar-refractivity contribution in [1.29, 1.82) is 0 Å². The van der Waals surface area contributed by atoms with Crippen molar-refractivity contribution in [3.63, 3.8) is 0 Å². The second kappa shape index (κ2) is 9.52. The Balaban J connectivity index is 1.33. The number of anilines is 3. The monoisotopic (exact) mass is 418 g/mol. The molecule has 0 radical (unpaired) electrons. The second-order valence-electron chi connectivity index (χ2n) is 8.92. The maximum absolute atomic E-state index is 4.80. The summed E-state index contributed by atoms with van der Waals surface area (Å²) in [5.74, 6) is 1.70. The minimum atomic E-state index is 0.422. The molecule has 6 heteroatoms. The standard InChI is InChI=1S/C25H34N6/c1-30(2)21-9-7-8-18(16-21)17-26-19-12-14-20(15-13-19)27-25-28-23-11-6-5-10-22(23)24(29-25)31(3)4/h5-11,16,19-20,26H,12-15,17H2,1-4H3,(H,27,28,29). The van der Waals surface area contributed by atoms with Crippen molar-refractivity contribution in [2.24, 2.45) is 0 Å². The molecule has 2 N–H and O–H groups in total. The lowest BCUT2D eigenvalue weighted by Gasteiger charge is -2.30. The fourth-order valence-corrected chi connectivity index (χ4v) is 4.30. The average Bonchev–Trinajstić information content (AvgIpc) is 2.78. The predicted octanol–water partition coefficient (Wildman–Crippen LogP) is 4.27. The van der Waals surface area contributed by atoms with Crippen LogP contribution < -0.4 is 20.4 Å². The first kappa shape index (κ1) is 21.4. The van der Waals surface area contributed by atoms with E-state index in [0.29, 0.717) is 12.1 Å². The van der Waals surface area contributed by atoms with Gasteiger partial charge in [0.25, 0.3) is 0 Å². The zero-order valence-corrected chi connectivity index (χ0v) is 19.1. The summed E-state index contributed by atoms with van der Waals surface area (Å²) in [4.78, 5) is 13.8. The minimum Gasteiger partial charge on any atom is -0.378 e. The molecule has 1 aromatic heterocycles. The molecule has 0 amide bonds. The van der Waals surface area contributed by atoms with Gasteiger partial charge >= 0.3 is 0 Å². The van der Waals surface area contributed by atoms with Crippen LogP contribution >= 0.6 is 0 Å². The van der Waals surface area contributed by atoms with E-state index in [-0.39, 0.29) is 0 Å². The smallest absolute Gasteiger partial charge is 0.225 e. The van der Waals surface area contributed by atoms with Crippen molar-refractivity contribution < 1.29 is 0 Å². The minimum absolute atomic E-state index is 0.422. The number of aromatic nitrogens is 2. The first-order valence-electron chi connectivity index (χ1n) is 11.2. The Morgan fingerprint density at radius 2 is 1.58 bits per heavy atom. The molecular weight excluding hydrogens is 384 g/mol. The molecule has 6 nitrogen and oxygen atoms in total. The van der Waals surface area contributed by atoms with E-state index in [0.717, 1.165) is 42.1 Å². The molecule has 164 valence electrons. The van der Waals surface area contributed by atoms with Crippen molar-refractivity contribution in [3.05, 3.63) is 54.1 Å². The zero-order chi connectivity index (χ0) is 21.8. The molecule has 31 heavy (non-hydrogen) atoms. The average molecular weight is 419 g/mol. The van der Waals surface area contributed by atoms with Crippen LogP contribution in [0.15, 0.2) is 48.5 Å². The van der Waals surface area contributed by atoms with E-state index in [9.17, 15) is 0 Å². The van der Waals surface area contributed by atoms with Gasteiger partial charge < -0.3 is 20.4 Å². The van der Waals surface area contributed by atoms with Gasteiger partial charge in [-0.3, -0.25) is 0 Å². The Labute approximate surface area is 185 Å². The summed E-state index contributed by atoms with van der Waals surface area (Å²) in [7, 11) is 8.23. The van der Waals surface area contributed by atoms with Gasteiger partial charge in [-0.15, -0.1) is 0 Å². The van der Waals surface area contributed by atoms with Crippen molar-refractivity contribution in [3.8, 4) is 0 Å². The van der Waals surface area contributed by atoms with E-state index in [1.165, 1.54) is 24.1 Å². The molecule has 1 aliphatic carbocycles. The van der Waals surface area contributed by atoms with Gasteiger partial charge in [-0.1, -0.05) is 24.3 Å². The molecule has 0 aliphatic heterocycles. The third-order valence-electron chi connectivity index (χ3n) is 6.09. The third-order valence-corrected chi connectivity index (χ3v) is 6.09. The molecule has 0 bridgehead atoms. The van der Waals surface area contributed by atoms with Gasteiger partial charge in [-0.25, -0.2) is 4.98 Å². The predicted molar refractivity (Wildman–Crippen MR) is 131 cm³/mol. The summed E-state index contributed by atoms with van der Waals surface area (Å²) in [5, 5.41) is 8.44. The summed E-state index contributed by atoms with van der Waals surface area (Å²) in [6.45, 7) is 0.921. The Hall–Kier alpha value is -2.86. The molecule has 1 aliphatic rings. The first-order chi connectivity index (χ1) is 15.0. The Bertz CT molecular complexity index is 1010. The number of fused-ring (bicyclic) bond motifs is 1. The van der Waals surface area contributed by atoms with Crippen molar-refractivity contribution >= 4 is 28.4 Å². The molecule has 1 heterocycles. The van der Waals surface area contributed by atoms with Gasteiger partial charge in [0.15, 0.2) is 0 Å². The van der Waals surface area contributed by atoms with Crippen molar-refractivity contribution in [2.75, 3.05) is 43.3 Å². The van der Waals surface area contributed by atoms with Gasteiger partial charge in [-0.2, -0.15) is 4.98 Å². The van der Waals surface area contributed by atoms with Crippen LogP contribution in [0.5, 0.6) is 0 Å². The summed E-state index contributed by atoms with van der Waals surface area (Å²) in [6, 6.07) is 17.9. The maximum Gasteiger partial charge on any atom is 0.225 e. The number of nitrogens with one attached hydrogen (secondary N) is 2.